The van der Waals surface area contributed by atoms with Gasteiger partial charge in [-0.15, -0.1) is 0 Å². The van der Waals surface area contributed by atoms with E-state index in [2.05, 4.69) is 46.4 Å². The van der Waals surface area contributed by atoms with Gasteiger partial charge in [0.15, 0.2) is 0 Å². The molecule has 2 aliphatic carbocycles. The van der Waals surface area contributed by atoms with Crippen molar-refractivity contribution in [3.63, 3.8) is 0 Å². The van der Waals surface area contributed by atoms with E-state index in [4.69, 9.17) is 0 Å². The Kier molecular flexibility index (Phi) is 11.2. The molecule has 0 bridgehead atoms. The molecule has 2 fully saturated rings. The second-order valence-corrected chi connectivity index (χ2v) is 9.80. The fourth-order valence-corrected chi connectivity index (χ4v) is 6.72. The van der Waals surface area contributed by atoms with Gasteiger partial charge in [-0.05, 0) is 38.5 Å². The van der Waals surface area contributed by atoms with E-state index in [0.29, 0.717) is 0 Å². The molecule has 24 heavy (non-hydrogen) atoms. The van der Waals surface area contributed by atoms with Crippen molar-refractivity contribution in [1.29, 1.82) is 0 Å². The topological polar surface area (TPSA) is 6.48 Å². The molecule has 0 saturated heterocycles. The lowest BCUT2D eigenvalue weighted by atomic mass is 9.95. The monoisotopic (exact) mass is 372 g/mol. The smallest absolute Gasteiger partial charge is 0.0202 e. The fourth-order valence-electron chi connectivity index (χ4n) is 4.19. The maximum absolute atomic E-state index is 2.74. The zero-order chi connectivity index (χ0) is 17.0. The molecule has 0 unspecified atom stereocenters. The molecule has 0 aromatic heterocycles. The van der Waals surface area contributed by atoms with E-state index in [1.807, 2.05) is 0 Å². The van der Waals surface area contributed by atoms with E-state index in [1.165, 1.54) is 102 Å². The largest absolute Gasteiger partial charge is 0.248 e. The molecular weight excluding hydrogens is 332 g/mol. The van der Waals surface area contributed by atoms with Crippen molar-refractivity contribution in [2.75, 3.05) is 24.6 Å². The minimum absolute atomic E-state index is 0.860. The number of hydrogen-bond acceptors (Lipinski definition) is 4. The molecule has 0 atom stereocenters. The molecule has 0 radical (unpaired) electrons. The Morgan fingerprint density at radius 3 is 1.33 bits per heavy atom. The Bertz CT molecular complexity index is 272. The Labute approximate surface area is 160 Å². The summed E-state index contributed by atoms with van der Waals surface area (Å²) in [5.41, 5.74) is 0. The summed E-state index contributed by atoms with van der Waals surface area (Å²) in [5, 5.41) is 0. The van der Waals surface area contributed by atoms with Crippen LogP contribution in [0.3, 0.4) is 0 Å². The Balaban J connectivity index is 1.69. The summed E-state index contributed by atoms with van der Waals surface area (Å²) >= 11 is 4.29. The average molecular weight is 373 g/mol. The SMILES string of the molecule is CCCN(SCCSN(CCC)C1CCCCC1)C1CCCCC1. The van der Waals surface area contributed by atoms with Crippen LogP contribution in [0, 0.1) is 0 Å². The highest BCUT2D eigenvalue weighted by Crippen LogP contribution is 2.30. The van der Waals surface area contributed by atoms with Gasteiger partial charge in [-0.1, -0.05) is 76.3 Å². The average Bonchev–Trinajstić information content (AvgIpc) is 2.64. The van der Waals surface area contributed by atoms with Crippen LogP contribution >= 0.6 is 23.9 Å². The summed E-state index contributed by atoms with van der Waals surface area (Å²) in [6, 6.07) is 1.72. The number of rotatable bonds is 11. The first-order chi connectivity index (χ1) is 11.8. The molecule has 2 rings (SSSR count). The van der Waals surface area contributed by atoms with Crippen molar-refractivity contribution < 1.29 is 0 Å². The molecule has 2 nitrogen and oxygen atoms in total. The van der Waals surface area contributed by atoms with E-state index in [0.717, 1.165) is 12.1 Å². The highest BCUT2D eigenvalue weighted by molar-refractivity contribution is 8.00. The second-order valence-electron chi connectivity index (χ2n) is 7.53. The first kappa shape index (κ1) is 20.9. The molecular formula is C20H40N2S2. The van der Waals surface area contributed by atoms with E-state index in [1.54, 1.807) is 0 Å². The summed E-state index contributed by atoms with van der Waals surface area (Å²) in [6.07, 6.45) is 17.1. The molecule has 0 aromatic carbocycles. The third-order valence-corrected chi connectivity index (χ3v) is 8.11. The van der Waals surface area contributed by atoms with Gasteiger partial charge in [-0.2, -0.15) is 0 Å². The van der Waals surface area contributed by atoms with Crippen LogP contribution in [-0.4, -0.2) is 45.3 Å². The van der Waals surface area contributed by atoms with Crippen molar-refractivity contribution in [2.45, 2.75) is 103 Å². The van der Waals surface area contributed by atoms with E-state index >= 15 is 0 Å². The molecule has 4 heteroatoms. The van der Waals surface area contributed by atoms with Crippen LogP contribution in [-0.2, 0) is 0 Å². The highest BCUT2D eigenvalue weighted by Gasteiger charge is 2.22. The van der Waals surface area contributed by atoms with Gasteiger partial charge < -0.3 is 0 Å². The fraction of sp³-hybridized carbons (Fsp3) is 1.00. The van der Waals surface area contributed by atoms with E-state index in [9.17, 15) is 0 Å². The van der Waals surface area contributed by atoms with Crippen molar-refractivity contribution in [3.05, 3.63) is 0 Å². The standard InChI is InChI=1S/C20H40N2S2/c1-3-15-21(19-11-7-5-8-12-19)23-17-18-24-22(16-4-2)20-13-9-6-10-14-20/h19-20H,3-18H2,1-2H3. The minimum atomic E-state index is 0.860. The highest BCUT2D eigenvalue weighted by atomic mass is 32.2. The molecule has 0 spiro atoms. The van der Waals surface area contributed by atoms with Crippen LogP contribution in [0.4, 0.5) is 0 Å². The molecule has 0 aromatic rings. The Morgan fingerprint density at radius 1 is 0.625 bits per heavy atom. The van der Waals surface area contributed by atoms with Crippen molar-refractivity contribution in [1.82, 2.24) is 8.61 Å². The maximum atomic E-state index is 2.74. The van der Waals surface area contributed by atoms with Gasteiger partial charge >= 0.3 is 0 Å². The van der Waals surface area contributed by atoms with Crippen LogP contribution in [0.1, 0.15) is 90.9 Å². The minimum Gasteiger partial charge on any atom is -0.248 e. The quantitative estimate of drug-likeness (QED) is 0.307. The first-order valence-corrected chi connectivity index (χ1v) is 12.5. The van der Waals surface area contributed by atoms with E-state index < -0.39 is 0 Å². The third kappa shape index (κ3) is 7.47. The van der Waals surface area contributed by atoms with Crippen LogP contribution in [0.5, 0.6) is 0 Å². The molecule has 2 aliphatic rings. The second kappa shape index (κ2) is 12.9. The van der Waals surface area contributed by atoms with Crippen LogP contribution in [0.2, 0.25) is 0 Å². The lowest BCUT2D eigenvalue weighted by molar-refractivity contribution is 0.271. The predicted molar refractivity (Wildman–Crippen MR) is 113 cm³/mol. The van der Waals surface area contributed by atoms with Gasteiger partial charge in [0.05, 0.1) is 0 Å². The molecule has 2 saturated carbocycles. The van der Waals surface area contributed by atoms with Gasteiger partial charge in [0, 0.05) is 36.7 Å². The van der Waals surface area contributed by atoms with Crippen LogP contribution in [0.15, 0.2) is 0 Å². The number of nitrogens with zero attached hydrogens (tertiary/aromatic N) is 2. The number of hydrogen-bond donors (Lipinski definition) is 0. The zero-order valence-electron chi connectivity index (χ0n) is 16.2. The Hall–Kier alpha value is 0.620. The molecule has 0 amide bonds. The van der Waals surface area contributed by atoms with Crippen molar-refractivity contribution >= 4 is 23.9 Å². The van der Waals surface area contributed by atoms with Gasteiger partial charge in [0.2, 0.25) is 0 Å². The molecule has 0 aliphatic heterocycles. The van der Waals surface area contributed by atoms with Gasteiger partial charge in [0.1, 0.15) is 0 Å². The maximum Gasteiger partial charge on any atom is 0.0202 e. The summed E-state index contributed by atoms with van der Waals surface area (Å²) in [6.45, 7) is 7.22. The normalized spacial score (nSPS) is 21.0. The van der Waals surface area contributed by atoms with Crippen LogP contribution < -0.4 is 0 Å². The van der Waals surface area contributed by atoms with Gasteiger partial charge in [-0.3, -0.25) is 0 Å². The zero-order valence-corrected chi connectivity index (χ0v) is 17.8. The lowest BCUT2D eigenvalue weighted by Gasteiger charge is -2.34. The molecule has 0 N–H and O–H groups in total. The molecule has 142 valence electrons. The summed E-state index contributed by atoms with van der Waals surface area (Å²) in [7, 11) is 0. The third-order valence-electron chi connectivity index (χ3n) is 5.45. The van der Waals surface area contributed by atoms with Gasteiger partial charge in [-0.25, -0.2) is 8.61 Å². The van der Waals surface area contributed by atoms with Crippen molar-refractivity contribution in [3.8, 4) is 0 Å². The molecule has 0 heterocycles. The van der Waals surface area contributed by atoms with Crippen LogP contribution in [0.25, 0.3) is 0 Å². The lowest BCUT2D eigenvalue weighted by Crippen LogP contribution is -2.33. The predicted octanol–water partition coefficient (Wildman–Crippen LogP) is 6.37. The van der Waals surface area contributed by atoms with Crippen molar-refractivity contribution in [2.24, 2.45) is 0 Å². The van der Waals surface area contributed by atoms with E-state index in [-0.39, 0.29) is 0 Å². The summed E-state index contributed by atoms with van der Waals surface area (Å²) in [4.78, 5) is 0. The van der Waals surface area contributed by atoms with Gasteiger partial charge in [0.25, 0.3) is 0 Å². The first-order valence-electron chi connectivity index (χ1n) is 10.6. The summed E-state index contributed by atoms with van der Waals surface area (Å²) < 4.78 is 5.48. The summed E-state index contributed by atoms with van der Waals surface area (Å²) in [5.74, 6) is 2.57. The Morgan fingerprint density at radius 2 is 1.00 bits per heavy atom.